The summed E-state index contributed by atoms with van der Waals surface area (Å²) in [6, 6.07) is 0. The van der Waals surface area contributed by atoms with Gasteiger partial charge in [0.2, 0.25) is 0 Å². The van der Waals surface area contributed by atoms with Gasteiger partial charge in [-0.2, -0.15) is 0 Å². The highest BCUT2D eigenvalue weighted by Crippen LogP contribution is 2.44. The van der Waals surface area contributed by atoms with Gasteiger partial charge in [-0.05, 0) is 12.5 Å². The van der Waals surface area contributed by atoms with E-state index in [0.717, 1.165) is 12.8 Å². The maximum atomic E-state index is 12.2. The predicted molar refractivity (Wildman–Crippen MR) is 154 cm³/mol. The third kappa shape index (κ3) is 13.3. The summed E-state index contributed by atoms with van der Waals surface area (Å²) in [5.74, 6) is 0.495. The van der Waals surface area contributed by atoms with Gasteiger partial charge >= 0.3 is 7.82 Å². The highest BCUT2D eigenvalue weighted by molar-refractivity contribution is 7.47. The fraction of sp³-hybridized carbons (Fsp3) is 0.821. The van der Waals surface area contributed by atoms with E-state index in [0.29, 0.717) is 6.42 Å². The maximum Gasteiger partial charge on any atom is 0.472 e. The monoisotopic (exact) mass is 573 g/mol. The number of ether oxygens (including phenoxy) is 1. The molecule has 2 heterocycles. The van der Waals surface area contributed by atoms with Crippen molar-refractivity contribution in [3.63, 3.8) is 0 Å². The molecule has 11 heteroatoms. The molecule has 10 nitrogen and oxygen atoms in total. The lowest BCUT2D eigenvalue weighted by Gasteiger charge is -2.30. The first-order valence-corrected chi connectivity index (χ1v) is 16.4. The molecule has 2 aliphatic heterocycles. The summed E-state index contributed by atoms with van der Waals surface area (Å²) in [5, 5.41) is 20.7. The molecule has 1 fully saturated rings. The van der Waals surface area contributed by atoms with E-state index >= 15 is 0 Å². The van der Waals surface area contributed by atoms with E-state index < -0.39 is 39.0 Å². The second kappa shape index (κ2) is 19.0. The normalized spacial score (nSPS) is 24.8. The zero-order valence-electron chi connectivity index (χ0n) is 23.8. The van der Waals surface area contributed by atoms with E-state index in [1.807, 2.05) is 0 Å². The fourth-order valence-electron chi connectivity index (χ4n) is 4.85. The van der Waals surface area contributed by atoms with Gasteiger partial charge in [-0.3, -0.25) is 9.05 Å². The van der Waals surface area contributed by atoms with Gasteiger partial charge in [-0.1, -0.05) is 110 Å². The van der Waals surface area contributed by atoms with E-state index in [1.165, 1.54) is 101 Å². The van der Waals surface area contributed by atoms with Crippen molar-refractivity contribution in [3.8, 4) is 0 Å². The van der Waals surface area contributed by atoms with Crippen LogP contribution in [0.5, 0.6) is 0 Å². The molecule has 2 unspecified atom stereocenters. The molecule has 226 valence electrons. The molecule has 39 heavy (non-hydrogen) atoms. The van der Waals surface area contributed by atoms with Gasteiger partial charge in [0.25, 0.3) is 0 Å². The van der Waals surface area contributed by atoms with Crippen molar-refractivity contribution in [2.45, 2.75) is 134 Å². The lowest BCUT2D eigenvalue weighted by atomic mass is 10.0. The summed E-state index contributed by atoms with van der Waals surface area (Å²) in [5.41, 5.74) is 5.62. The van der Waals surface area contributed by atoms with Crippen molar-refractivity contribution in [1.82, 2.24) is 4.90 Å². The molecule has 0 bridgehead atoms. The molecule has 0 aromatic rings. The fourth-order valence-corrected chi connectivity index (χ4v) is 5.62. The lowest BCUT2D eigenvalue weighted by molar-refractivity contribution is -0.0691. The van der Waals surface area contributed by atoms with E-state index in [-0.39, 0.29) is 18.3 Å². The standard InChI is InChI=1S/C28H52N3O7P/c1-3-4-5-6-7-8-9-10-11-12-13-14-15-16-17-18-21-36-39(34,35)37-22-24-26(32)27(33)28(38-24)31-20-19-25(29)30-23(31)2/h19-20,24,26-28,32-33H,2-18,21-22H2,1H3,(H2,29,30)(H,34,35)/t24-,26?,27-,28-/m1/s1. The van der Waals surface area contributed by atoms with Crippen LogP contribution in [-0.4, -0.2) is 63.6 Å². The molecule has 0 aromatic carbocycles. The molecule has 2 aliphatic rings. The van der Waals surface area contributed by atoms with Gasteiger partial charge in [0.15, 0.2) is 6.23 Å². The minimum Gasteiger partial charge on any atom is -0.387 e. The molecule has 0 aliphatic carbocycles. The molecule has 0 amide bonds. The van der Waals surface area contributed by atoms with Crippen molar-refractivity contribution < 1.29 is 33.5 Å². The number of aliphatic imine (C=N–C) groups is 1. The highest BCUT2D eigenvalue weighted by Gasteiger charge is 2.46. The molecule has 2 rings (SSSR count). The molecule has 0 saturated carbocycles. The minimum absolute atomic E-state index is 0.114. The van der Waals surface area contributed by atoms with Crippen LogP contribution in [0.4, 0.5) is 0 Å². The zero-order valence-corrected chi connectivity index (χ0v) is 24.7. The minimum atomic E-state index is -4.31. The number of amidine groups is 1. The molecule has 0 radical (unpaired) electrons. The second-order valence-corrected chi connectivity index (χ2v) is 12.1. The van der Waals surface area contributed by atoms with Gasteiger partial charge in [0, 0.05) is 6.20 Å². The Morgan fingerprint density at radius 3 is 1.95 bits per heavy atom. The van der Waals surface area contributed by atoms with Crippen LogP contribution >= 0.6 is 7.82 Å². The number of phosphoric acid groups is 1. The number of unbranched alkanes of at least 4 members (excludes halogenated alkanes) is 15. The molecule has 5 N–H and O–H groups in total. The smallest absolute Gasteiger partial charge is 0.387 e. The Kier molecular flexibility index (Phi) is 16.5. The zero-order chi connectivity index (χ0) is 28.5. The number of hydrogen-bond donors (Lipinski definition) is 4. The Hall–Kier alpha value is -1.26. The first-order valence-electron chi connectivity index (χ1n) is 14.9. The second-order valence-electron chi connectivity index (χ2n) is 10.6. The van der Waals surface area contributed by atoms with E-state index in [1.54, 1.807) is 0 Å². The predicted octanol–water partition coefficient (Wildman–Crippen LogP) is 5.49. The molecule has 5 atom stereocenters. The van der Waals surface area contributed by atoms with Gasteiger partial charge in [0.05, 0.1) is 13.2 Å². The topological polar surface area (TPSA) is 147 Å². The highest BCUT2D eigenvalue weighted by atomic mass is 31.2. The van der Waals surface area contributed by atoms with Crippen LogP contribution in [0.1, 0.15) is 110 Å². The summed E-state index contributed by atoms with van der Waals surface area (Å²) in [6.07, 6.45) is 18.4. The van der Waals surface area contributed by atoms with Crippen molar-refractivity contribution in [2.75, 3.05) is 13.2 Å². The molecular formula is C28H52N3O7P. The first kappa shape index (κ1) is 33.9. The summed E-state index contributed by atoms with van der Waals surface area (Å²) in [6.45, 7) is 5.71. The summed E-state index contributed by atoms with van der Waals surface area (Å²) >= 11 is 0. The molecule has 0 aromatic heterocycles. The van der Waals surface area contributed by atoms with Crippen molar-refractivity contribution in [2.24, 2.45) is 10.7 Å². The number of nitrogens with zero attached hydrogens (tertiary/aromatic N) is 2. The molecule has 1 saturated heterocycles. The quantitative estimate of drug-likeness (QED) is 0.0975. The van der Waals surface area contributed by atoms with Crippen LogP contribution < -0.4 is 5.73 Å². The van der Waals surface area contributed by atoms with Gasteiger partial charge < -0.3 is 30.5 Å². The van der Waals surface area contributed by atoms with Crippen LogP contribution in [0.15, 0.2) is 29.7 Å². The number of aliphatic hydroxyl groups is 2. The Morgan fingerprint density at radius 2 is 1.44 bits per heavy atom. The summed E-state index contributed by atoms with van der Waals surface area (Å²) in [4.78, 5) is 15.4. The van der Waals surface area contributed by atoms with E-state index in [4.69, 9.17) is 19.5 Å². The van der Waals surface area contributed by atoms with Crippen molar-refractivity contribution >= 4 is 13.7 Å². The van der Waals surface area contributed by atoms with Crippen LogP contribution in [0.25, 0.3) is 0 Å². The Labute approximate surface area is 234 Å². The molecule has 0 spiro atoms. The van der Waals surface area contributed by atoms with Crippen LogP contribution in [0.2, 0.25) is 0 Å². The number of rotatable bonds is 22. The van der Waals surface area contributed by atoms with Crippen LogP contribution in [0.3, 0.4) is 0 Å². The van der Waals surface area contributed by atoms with Crippen LogP contribution in [-0.2, 0) is 18.3 Å². The van der Waals surface area contributed by atoms with Gasteiger partial charge in [-0.25, -0.2) is 9.56 Å². The number of phosphoric ester groups is 1. The first-order chi connectivity index (χ1) is 18.7. The Balaban J connectivity index is 1.46. The summed E-state index contributed by atoms with van der Waals surface area (Å²) in [7, 11) is -4.31. The molecular weight excluding hydrogens is 521 g/mol. The largest absolute Gasteiger partial charge is 0.472 e. The average Bonchev–Trinajstić information content (AvgIpc) is 3.18. The van der Waals surface area contributed by atoms with Crippen molar-refractivity contribution in [3.05, 3.63) is 24.7 Å². The third-order valence-corrected chi connectivity index (χ3v) is 8.21. The Morgan fingerprint density at radius 1 is 0.923 bits per heavy atom. The van der Waals surface area contributed by atoms with E-state index in [2.05, 4.69) is 18.5 Å². The summed E-state index contributed by atoms with van der Waals surface area (Å²) < 4.78 is 28.0. The van der Waals surface area contributed by atoms with E-state index in [9.17, 15) is 19.7 Å². The van der Waals surface area contributed by atoms with Gasteiger partial charge in [-0.15, -0.1) is 0 Å². The van der Waals surface area contributed by atoms with Crippen molar-refractivity contribution in [1.29, 1.82) is 0 Å². The maximum absolute atomic E-state index is 12.2. The average molecular weight is 574 g/mol. The number of hydrogen-bond acceptors (Lipinski definition) is 9. The number of aliphatic hydroxyl groups excluding tert-OH is 2. The lowest BCUT2D eigenvalue weighted by Crippen LogP contribution is -2.42. The SMILES string of the molecule is C=C1N=C(N)C=CN1[C@@H]1O[C@H](COP(=O)(O)OCCCCCCCCCCCCCCCCCC)C(O)[C@H]1O. The number of nitrogens with two attached hydrogens (primary N) is 1. The van der Waals surface area contributed by atoms with Gasteiger partial charge in [0.1, 0.15) is 30.0 Å². The third-order valence-electron chi connectivity index (χ3n) is 7.23. The van der Waals surface area contributed by atoms with Crippen LogP contribution in [0, 0.1) is 0 Å². The Bertz CT molecular complexity index is 810.